The molecule has 0 bridgehead atoms. The summed E-state index contributed by atoms with van der Waals surface area (Å²) in [6.45, 7) is 10.7. The van der Waals surface area contributed by atoms with Gasteiger partial charge >= 0.3 is 12.1 Å². The van der Waals surface area contributed by atoms with E-state index in [1.165, 1.54) is 0 Å². The van der Waals surface area contributed by atoms with Crippen molar-refractivity contribution in [3.05, 3.63) is 12.7 Å². The normalized spacial score (nSPS) is 14.4. The first-order valence-electron chi connectivity index (χ1n) is 6.06. The Kier molecular flexibility index (Phi) is 6.44. The van der Waals surface area contributed by atoms with Crippen molar-refractivity contribution in [3.8, 4) is 0 Å². The van der Waals surface area contributed by atoms with Gasteiger partial charge in [-0.05, 0) is 27.2 Å². The number of aliphatic carboxylic acids is 1. The summed E-state index contributed by atoms with van der Waals surface area (Å²) in [5, 5.41) is 11.5. The Morgan fingerprint density at radius 2 is 2.00 bits per heavy atom. The van der Waals surface area contributed by atoms with E-state index in [0.717, 1.165) is 6.42 Å². The summed E-state index contributed by atoms with van der Waals surface area (Å²) in [5.74, 6) is -1.39. The molecule has 0 spiro atoms. The van der Waals surface area contributed by atoms with Crippen molar-refractivity contribution >= 4 is 12.1 Å². The van der Waals surface area contributed by atoms with Crippen LogP contribution in [0, 0.1) is 5.92 Å². The number of alkyl carbamates (subject to hydrolysis) is 1. The molecule has 104 valence electrons. The summed E-state index contributed by atoms with van der Waals surface area (Å²) in [6, 6.07) is -1.00. The molecule has 0 unspecified atom stereocenters. The van der Waals surface area contributed by atoms with Crippen molar-refractivity contribution in [2.24, 2.45) is 5.92 Å². The number of rotatable bonds is 6. The second-order valence-electron chi connectivity index (χ2n) is 5.15. The Bertz CT molecular complexity index is 307. The predicted octanol–water partition coefficient (Wildman–Crippen LogP) is 2.57. The molecule has 0 rings (SSSR count). The topological polar surface area (TPSA) is 75.6 Å². The van der Waals surface area contributed by atoms with E-state index in [0.29, 0.717) is 6.42 Å². The van der Waals surface area contributed by atoms with Crippen LogP contribution in [0.3, 0.4) is 0 Å². The third-order valence-electron chi connectivity index (χ3n) is 2.29. The molecule has 2 N–H and O–H groups in total. The van der Waals surface area contributed by atoms with Crippen LogP contribution in [0.1, 0.15) is 40.5 Å². The largest absolute Gasteiger partial charge is 0.480 e. The minimum atomic E-state index is -1.08. The second-order valence-corrected chi connectivity index (χ2v) is 5.15. The maximum atomic E-state index is 11.6. The van der Waals surface area contributed by atoms with Gasteiger partial charge in [0.25, 0.3) is 0 Å². The van der Waals surface area contributed by atoms with E-state index in [-0.39, 0.29) is 5.92 Å². The van der Waals surface area contributed by atoms with Crippen LogP contribution in [-0.4, -0.2) is 28.8 Å². The van der Waals surface area contributed by atoms with Crippen LogP contribution in [0.2, 0.25) is 0 Å². The van der Waals surface area contributed by atoms with Crippen LogP contribution >= 0.6 is 0 Å². The van der Waals surface area contributed by atoms with E-state index in [1.807, 2.05) is 6.92 Å². The average Bonchev–Trinajstić information content (AvgIpc) is 2.20. The zero-order chi connectivity index (χ0) is 14.3. The van der Waals surface area contributed by atoms with E-state index < -0.39 is 23.7 Å². The molecule has 5 nitrogen and oxygen atoms in total. The van der Waals surface area contributed by atoms with Gasteiger partial charge in [-0.15, -0.1) is 6.58 Å². The molecule has 0 radical (unpaired) electrons. The Labute approximate surface area is 108 Å². The smallest absolute Gasteiger partial charge is 0.408 e. The Morgan fingerprint density at radius 1 is 1.44 bits per heavy atom. The Hall–Kier alpha value is -1.52. The van der Waals surface area contributed by atoms with E-state index >= 15 is 0 Å². The van der Waals surface area contributed by atoms with Crippen LogP contribution in [0.4, 0.5) is 4.79 Å². The maximum Gasteiger partial charge on any atom is 0.408 e. The first-order chi connectivity index (χ1) is 8.21. The summed E-state index contributed by atoms with van der Waals surface area (Å²) in [7, 11) is 0. The van der Waals surface area contributed by atoms with E-state index in [1.54, 1.807) is 26.8 Å². The molecule has 0 aromatic rings. The number of ether oxygens (including phenoxy) is 1. The van der Waals surface area contributed by atoms with Gasteiger partial charge in [0.15, 0.2) is 0 Å². The van der Waals surface area contributed by atoms with Gasteiger partial charge in [0.1, 0.15) is 11.6 Å². The number of carboxylic acid groups (broad SMARTS) is 1. The van der Waals surface area contributed by atoms with Gasteiger partial charge in [-0.3, -0.25) is 0 Å². The standard InChI is InChI=1S/C13H23NO4/c1-6-8-9(7-2)10(11(15)16)14-12(17)18-13(3,4)5/h7,9-10H,2,6,8H2,1,3-5H3,(H,14,17)(H,15,16)/t9-,10-/m0/s1. The first-order valence-corrected chi connectivity index (χ1v) is 6.06. The third-order valence-corrected chi connectivity index (χ3v) is 2.29. The lowest BCUT2D eigenvalue weighted by molar-refractivity contribution is -0.140. The maximum absolute atomic E-state index is 11.6. The number of amides is 1. The monoisotopic (exact) mass is 257 g/mol. The zero-order valence-corrected chi connectivity index (χ0v) is 11.5. The van der Waals surface area contributed by atoms with Crippen molar-refractivity contribution in [2.45, 2.75) is 52.2 Å². The summed E-state index contributed by atoms with van der Waals surface area (Å²) >= 11 is 0. The molecule has 0 aromatic carbocycles. The van der Waals surface area contributed by atoms with E-state index in [2.05, 4.69) is 11.9 Å². The minimum Gasteiger partial charge on any atom is -0.480 e. The average molecular weight is 257 g/mol. The van der Waals surface area contributed by atoms with Crippen molar-refractivity contribution in [1.29, 1.82) is 0 Å². The zero-order valence-electron chi connectivity index (χ0n) is 11.5. The van der Waals surface area contributed by atoms with Crippen LogP contribution in [0.25, 0.3) is 0 Å². The number of nitrogens with one attached hydrogen (secondary N) is 1. The molecule has 0 heterocycles. The van der Waals surface area contributed by atoms with Crippen LogP contribution < -0.4 is 5.32 Å². The Balaban J connectivity index is 4.67. The molecule has 0 aromatic heterocycles. The molecule has 0 saturated carbocycles. The van der Waals surface area contributed by atoms with Gasteiger partial charge in [-0.1, -0.05) is 19.4 Å². The molecule has 0 aliphatic heterocycles. The molecular weight excluding hydrogens is 234 g/mol. The lowest BCUT2D eigenvalue weighted by Gasteiger charge is -2.25. The van der Waals surface area contributed by atoms with E-state index in [4.69, 9.17) is 9.84 Å². The number of carbonyl (C=O) groups excluding carboxylic acids is 1. The SMILES string of the molecule is C=C[C@@H](CCC)[C@H](NC(=O)OC(C)(C)C)C(=O)O. The molecular formula is C13H23NO4. The van der Waals surface area contributed by atoms with Crippen molar-refractivity contribution in [3.63, 3.8) is 0 Å². The number of carboxylic acids is 1. The summed E-state index contributed by atoms with van der Waals surface area (Å²) < 4.78 is 5.04. The van der Waals surface area contributed by atoms with Crippen molar-refractivity contribution in [1.82, 2.24) is 5.32 Å². The van der Waals surface area contributed by atoms with Crippen LogP contribution in [0.15, 0.2) is 12.7 Å². The Morgan fingerprint density at radius 3 is 2.33 bits per heavy atom. The fourth-order valence-corrected chi connectivity index (χ4v) is 1.54. The fraction of sp³-hybridized carbons (Fsp3) is 0.692. The van der Waals surface area contributed by atoms with E-state index in [9.17, 15) is 9.59 Å². The number of hydrogen-bond donors (Lipinski definition) is 2. The highest BCUT2D eigenvalue weighted by atomic mass is 16.6. The summed E-state index contributed by atoms with van der Waals surface area (Å²) in [5.41, 5.74) is -0.651. The second kappa shape index (κ2) is 7.03. The number of hydrogen-bond acceptors (Lipinski definition) is 3. The molecule has 5 heteroatoms. The highest BCUT2D eigenvalue weighted by molar-refractivity contribution is 5.80. The first kappa shape index (κ1) is 16.5. The fourth-order valence-electron chi connectivity index (χ4n) is 1.54. The van der Waals surface area contributed by atoms with Gasteiger partial charge in [-0.2, -0.15) is 0 Å². The number of carbonyl (C=O) groups is 2. The highest BCUT2D eigenvalue weighted by Crippen LogP contribution is 2.14. The lowest BCUT2D eigenvalue weighted by atomic mass is 9.95. The van der Waals surface area contributed by atoms with Gasteiger partial charge in [0, 0.05) is 5.92 Å². The van der Waals surface area contributed by atoms with Gasteiger partial charge in [0.05, 0.1) is 0 Å². The highest BCUT2D eigenvalue weighted by Gasteiger charge is 2.29. The molecule has 1 amide bonds. The predicted molar refractivity (Wildman–Crippen MR) is 69.4 cm³/mol. The van der Waals surface area contributed by atoms with Crippen molar-refractivity contribution < 1.29 is 19.4 Å². The molecule has 0 fully saturated rings. The van der Waals surface area contributed by atoms with Crippen molar-refractivity contribution in [2.75, 3.05) is 0 Å². The van der Waals surface area contributed by atoms with Crippen LogP contribution in [-0.2, 0) is 9.53 Å². The van der Waals surface area contributed by atoms with Gasteiger partial charge in [-0.25, -0.2) is 9.59 Å². The quantitative estimate of drug-likeness (QED) is 0.717. The lowest BCUT2D eigenvalue weighted by Crippen LogP contribution is -2.47. The molecule has 2 atom stereocenters. The van der Waals surface area contributed by atoms with Crippen LogP contribution in [0.5, 0.6) is 0 Å². The minimum absolute atomic E-state index is 0.306. The van der Waals surface area contributed by atoms with Gasteiger partial charge < -0.3 is 15.2 Å². The summed E-state index contributed by atoms with van der Waals surface area (Å²) in [4.78, 5) is 22.7. The molecule has 0 saturated heterocycles. The summed E-state index contributed by atoms with van der Waals surface area (Å²) in [6.07, 6.45) is 2.30. The third kappa shape index (κ3) is 6.27. The molecule has 18 heavy (non-hydrogen) atoms. The van der Waals surface area contributed by atoms with Gasteiger partial charge in [0.2, 0.25) is 0 Å². The molecule has 0 aliphatic carbocycles. The molecule has 0 aliphatic rings.